The summed E-state index contributed by atoms with van der Waals surface area (Å²) in [5, 5.41) is 11.9. The molecule has 0 radical (unpaired) electrons. The maximum Gasteiger partial charge on any atom is 0.401 e. The van der Waals surface area contributed by atoms with E-state index in [1.54, 1.807) is 30.3 Å². The smallest absolute Gasteiger partial charge is 0.401 e. The number of carboxylic acid groups (broad SMARTS) is 1. The Kier molecular flexibility index (Phi) is 4.56. The van der Waals surface area contributed by atoms with Gasteiger partial charge in [-0.25, -0.2) is 0 Å². The van der Waals surface area contributed by atoms with E-state index < -0.39 is 30.1 Å². The van der Waals surface area contributed by atoms with Crippen molar-refractivity contribution in [3.05, 3.63) is 35.9 Å². The molecule has 0 aliphatic heterocycles. The SMILES string of the molecule is O=C(O)C1(NCC(F)(F)F)CCCCC1c1ccccc1. The van der Waals surface area contributed by atoms with Crippen LogP contribution in [-0.2, 0) is 4.79 Å². The molecule has 1 aromatic rings. The van der Waals surface area contributed by atoms with Crippen LogP contribution in [0, 0.1) is 0 Å². The van der Waals surface area contributed by atoms with Gasteiger partial charge in [0.25, 0.3) is 0 Å². The summed E-state index contributed by atoms with van der Waals surface area (Å²) in [6.07, 6.45) is -2.22. The van der Waals surface area contributed by atoms with E-state index in [1.807, 2.05) is 0 Å². The van der Waals surface area contributed by atoms with E-state index in [0.717, 1.165) is 12.0 Å². The van der Waals surface area contributed by atoms with E-state index in [-0.39, 0.29) is 6.42 Å². The number of rotatable bonds is 4. The molecule has 21 heavy (non-hydrogen) atoms. The summed E-state index contributed by atoms with van der Waals surface area (Å²) in [4.78, 5) is 11.7. The molecule has 0 aromatic heterocycles. The molecular formula is C15H18F3NO2. The fraction of sp³-hybridized carbons (Fsp3) is 0.533. The molecule has 116 valence electrons. The summed E-state index contributed by atoms with van der Waals surface area (Å²) >= 11 is 0. The first-order chi connectivity index (χ1) is 9.85. The fourth-order valence-corrected chi connectivity index (χ4v) is 3.11. The largest absolute Gasteiger partial charge is 0.480 e. The van der Waals surface area contributed by atoms with E-state index in [2.05, 4.69) is 5.32 Å². The van der Waals surface area contributed by atoms with Gasteiger partial charge in [-0.15, -0.1) is 0 Å². The zero-order valence-corrected chi connectivity index (χ0v) is 11.5. The van der Waals surface area contributed by atoms with Crippen LogP contribution in [0.4, 0.5) is 13.2 Å². The molecule has 1 saturated carbocycles. The molecule has 2 rings (SSSR count). The van der Waals surface area contributed by atoms with Crippen LogP contribution in [0.25, 0.3) is 0 Å². The Morgan fingerprint density at radius 2 is 1.95 bits per heavy atom. The van der Waals surface area contributed by atoms with Crippen molar-refractivity contribution in [2.24, 2.45) is 0 Å². The molecule has 0 saturated heterocycles. The van der Waals surface area contributed by atoms with Crippen LogP contribution >= 0.6 is 0 Å². The van der Waals surface area contributed by atoms with Gasteiger partial charge in [-0.1, -0.05) is 43.2 Å². The topological polar surface area (TPSA) is 49.3 Å². The first-order valence-electron chi connectivity index (χ1n) is 6.95. The van der Waals surface area contributed by atoms with Gasteiger partial charge in [0.15, 0.2) is 0 Å². The lowest BCUT2D eigenvalue weighted by Gasteiger charge is -2.42. The Labute approximate surface area is 121 Å². The molecule has 2 unspecified atom stereocenters. The first-order valence-corrected chi connectivity index (χ1v) is 6.95. The third kappa shape index (κ3) is 3.56. The number of nitrogens with one attached hydrogen (secondary N) is 1. The van der Waals surface area contributed by atoms with Crippen LogP contribution in [0.2, 0.25) is 0 Å². The van der Waals surface area contributed by atoms with Crippen LogP contribution in [0.5, 0.6) is 0 Å². The van der Waals surface area contributed by atoms with Crippen molar-refractivity contribution in [1.82, 2.24) is 5.32 Å². The summed E-state index contributed by atoms with van der Waals surface area (Å²) in [6, 6.07) is 8.92. The number of carbonyl (C=O) groups is 1. The van der Waals surface area contributed by atoms with Gasteiger partial charge in [-0.3, -0.25) is 10.1 Å². The van der Waals surface area contributed by atoms with Gasteiger partial charge in [0.05, 0.1) is 6.54 Å². The van der Waals surface area contributed by atoms with Crippen molar-refractivity contribution in [3.8, 4) is 0 Å². The number of hydrogen-bond acceptors (Lipinski definition) is 2. The van der Waals surface area contributed by atoms with Crippen molar-refractivity contribution in [2.45, 2.75) is 43.3 Å². The summed E-state index contributed by atoms with van der Waals surface area (Å²) in [5.41, 5.74) is -0.774. The van der Waals surface area contributed by atoms with Crippen molar-refractivity contribution < 1.29 is 23.1 Å². The highest BCUT2D eigenvalue weighted by atomic mass is 19.4. The first kappa shape index (κ1) is 15.8. The minimum atomic E-state index is -4.43. The van der Waals surface area contributed by atoms with Gasteiger partial charge >= 0.3 is 12.1 Å². The zero-order chi connectivity index (χ0) is 15.5. The third-order valence-electron chi connectivity index (χ3n) is 4.10. The molecule has 6 heteroatoms. The lowest BCUT2D eigenvalue weighted by atomic mass is 9.69. The molecule has 1 fully saturated rings. The van der Waals surface area contributed by atoms with E-state index in [1.165, 1.54) is 0 Å². The summed E-state index contributed by atoms with van der Waals surface area (Å²) in [7, 11) is 0. The quantitative estimate of drug-likeness (QED) is 0.897. The van der Waals surface area contributed by atoms with E-state index in [0.29, 0.717) is 12.8 Å². The Balaban J connectivity index is 2.32. The van der Waals surface area contributed by atoms with E-state index >= 15 is 0 Å². The van der Waals surface area contributed by atoms with Crippen LogP contribution < -0.4 is 5.32 Å². The molecule has 1 aromatic carbocycles. The molecule has 1 aliphatic carbocycles. The second kappa shape index (κ2) is 6.05. The molecule has 0 heterocycles. The second-order valence-electron chi connectivity index (χ2n) is 5.45. The molecule has 2 atom stereocenters. The normalized spacial score (nSPS) is 26.5. The molecule has 2 N–H and O–H groups in total. The fourth-order valence-electron chi connectivity index (χ4n) is 3.11. The molecule has 3 nitrogen and oxygen atoms in total. The van der Waals surface area contributed by atoms with Gasteiger partial charge in [-0.05, 0) is 18.4 Å². The maximum atomic E-state index is 12.5. The summed E-state index contributed by atoms with van der Waals surface area (Å²) in [5.74, 6) is -1.66. The Morgan fingerprint density at radius 1 is 1.29 bits per heavy atom. The number of aliphatic carboxylic acids is 1. The summed E-state index contributed by atoms with van der Waals surface area (Å²) < 4.78 is 37.6. The van der Waals surface area contributed by atoms with Crippen molar-refractivity contribution in [2.75, 3.05) is 6.54 Å². The summed E-state index contributed by atoms with van der Waals surface area (Å²) in [6.45, 7) is -1.29. The predicted octanol–water partition coefficient (Wildman–Crippen LogP) is 3.32. The zero-order valence-electron chi connectivity index (χ0n) is 11.5. The Bertz CT molecular complexity index is 489. The van der Waals surface area contributed by atoms with E-state index in [4.69, 9.17) is 0 Å². The lowest BCUT2D eigenvalue weighted by molar-refractivity contribution is -0.153. The molecule has 0 amide bonds. The number of alkyl halides is 3. The van der Waals surface area contributed by atoms with Crippen molar-refractivity contribution in [3.63, 3.8) is 0 Å². The Hall–Kier alpha value is -1.56. The average Bonchev–Trinajstić information content (AvgIpc) is 2.45. The van der Waals surface area contributed by atoms with Gasteiger partial charge in [0.1, 0.15) is 5.54 Å². The van der Waals surface area contributed by atoms with Gasteiger partial charge < -0.3 is 5.11 Å². The second-order valence-corrected chi connectivity index (χ2v) is 5.45. The van der Waals surface area contributed by atoms with Gasteiger partial charge in [-0.2, -0.15) is 13.2 Å². The van der Waals surface area contributed by atoms with Gasteiger partial charge in [0.2, 0.25) is 0 Å². The number of carboxylic acids is 1. The average molecular weight is 301 g/mol. The van der Waals surface area contributed by atoms with Crippen molar-refractivity contribution >= 4 is 5.97 Å². The maximum absolute atomic E-state index is 12.5. The monoisotopic (exact) mass is 301 g/mol. The molecule has 1 aliphatic rings. The van der Waals surface area contributed by atoms with E-state index in [9.17, 15) is 23.1 Å². The van der Waals surface area contributed by atoms with Crippen molar-refractivity contribution in [1.29, 1.82) is 0 Å². The number of halogens is 3. The highest BCUT2D eigenvalue weighted by Gasteiger charge is 2.49. The molecule has 0 bridgehead atoms. The minimum Gasteiger partial charge on any atom is -0.480 e. The third-order valence-corrected chi connectivity index (χ3v) is 4.10. The molecular weight excluding hydrogens is 283 g/mol. The lowest BCUT2D eigenvalue weighted by Crippen LogP contribution is -2.59. The number of hydrogen-bond donors (Lipinski definition) is 2. The van der Waals surface area contributed by atoms with Crippen LogP contribution in [-0.4, -0.2) is 29.3 Å². The standard InChI is InChI=1S/C15H18F3NO2/c16-15(17,18)10-19-14(13(20)21)9-5-4-8-12(14)11-6-2-1-3-7-11/h1-3,6-7,12,19H,4-5,8-10H2,(H,20,21). The number of benzene rings is 1. The highest BCUT2D eigenvalue weighted by molar-refractivity contribution is 5.80. The Morgan fingerprint density at radius 3 is 2.52 bits per heavy atom. The van der Waals surface area contributed by atoms with Crippen LogP contribution in [0.15, 0.2) is 30.3 Å². The minimum absolute atomic E-state index is 0.206. The van der Waals surface area contributed by atoms with Crippen LogP contribution in [0.1, 0.15) is 37.2 Å². The van der Waals surface area contributed by atoms with Crippen LogP contribution in [0.3, 0.4) is 0 Å². The molecule has 0 spiro atoms. The highest BCUT2D eigenvalue weighted by Crippen LogP contribution is 2.41. The van der Waals surface area contributed by atoms with Gasteiger partial charge in [0, 0.05) is 5.92 Å². The predicted molar refractivity (Wildman–Crippen MR) is 72.1 cm³/mol.